The fraction of sp³-hybridized carbons (Fsp3) is 0.200. The number of hydrogen-bond donors (Lipinski definition) is 1. The van der Waals surface area contributed by atoms with Crippen LogP contribution in [0, 0.1) is 13.8 Å². The third-order valence-corrected chi connectivity index (χ3v) is 5.12. The number of oxazole rings is 1. The molecule has 6 heteroatoms. The number of rotatable bonds is 8. The number of aromatic nitrogens is 2. The van der Waals surface area contributed by atoms with Crippen LogP contribution in [0.5, 0.6) is 5.75 Å². The lowest BCUT2D eigenvalue weighted by atomic mass is 10.0. The Labute approximate surface area is 180 Å². The van der Waals surface area contributed by atoms with E-state index in [9.17, 15) is 9.90 Å². The third kappa shape index (κ3) is 4.86. The molecule has 0 unspecified atom stereocenters. The molecule has 2 aromatic carbocycles. The molecule has 0 saturated carbocycles. The molecule has 0 fully saturated rings. The van der Waals surface area contributed by atoms with Gasteiger partial charge in [0.2, 0.25) is 0 Å². The summed E-state index contributed by atoms with van der Waals surface area (Å²) in [6.07, 6.45) is 4.75. The first-order chi connectivity index (χ1) is 15.0. The third-order valence-electron chi connectivity index (χ3n) is 5.12. The highest BCUT2D eigenvalue weighted by molar-refractivity contribution is 5.89. The van der Waals surface area contributed by atoms with E-state index >= 15 is 0 Å². The second-order valence-electron chi connectivity index (χ2n) is 7.40. The van der Waals surface area contributed by atoms with E-state index < -0.39 is 5.97 Å². The van der Waals surface area contributed by atoms with Crippen LogP contribution >= 0.6 is 0 Å². The topological polar surface area (TPSA) is 77.5 Å². The van der Waals surface area contributed by atoms with Gasteiger partial charge in [0.25, 0.3) is 0 Å². The number of aryl methyl sites for hydroxylation is 2. The largest absolute Gasteiger partial charge is 0.493 e. The SMILES string of the molecule is Cc1nc(CCOc2ccc(Cc3cn(-c4ccccc4)cc3C(=O)O)cc2)c(C)o1. The van der Waals surface area contributed by atoms with Crippen LogP contribution in [-0.4, -0.2) is 27.2 Å². The molecular weight excluding hydrogens is 392 g/mol. The Morgan fingerprint density at radius 1 is 1.06 bits per heavy atom. The van der Waals surface area contributed by atoms with Crippen LogP contribution in [0.1, 0.15) is 38.8 Å². The maximum Gasteiger partial charge on any atom is 0.337 e. The molecule has 2 heterocycles. The Morgan fingerprint density at radius 3 is 2.45 bits per heavy atom. The van der Waals surface area contributed by atoms with E-state index in [1.165, 1.54) is 0 Å². The summed E-state index contributed by atoms with van der Waals surface area (Å²) in [5.74, 6) is 1.33. The van der Waals surface area contributed by atoms with Gasteiger partial charge in [-0.25, -0.2) is 9.78 Å². The van der Waals surface area contributed by atoms with Crippen molar-refractivity contribution in [1.29, 1.82) is 0 Å². The predicted molar refractivity (Wildman–Crippen MR) is 117 cm³/mol. The molecular formula is C25H24N2O4. The molecule has 0 aliphatic rings. The van der Waals surface area contributed by atoms with Gasteiger partial charge in [-0.3, -0.25) is 0 Å². The molecule has 0 aliphatic carbocycles. The van der Waals surface area contributed by atoms with Gasteiger partial charge in [0.1, 0.15) is 11.5 Å². The number of hydrogen-bond acceptors (Lipinski definition) is 4. The van der Waals surface area contributed by atoms with Crippen molar-refractivity contribution < 1.29 is 19.1 Å². The van der Waals surface area contributed by atoms with Crippen molar-refractivity contribution in [3.05, 3.63) is 101 Å². The molecule has 0 aliphatic heterocycles. The van der Waals surface area contributed by atoms with E-state index in [0.29, 0.717) is 30.9 Å². The molecule has 6 nitrogen and oxygen atoms in total. The van der Waals surface area contributed by atoms with Gasteiger partial charge >= 0.3 is 5.97 Å². The molecule has 0 amide bonds. The Bertz CT molecular complexity index is 1170. The van der Waals surface area contributed by atoms with Crippen LogP contribution in [0.4, 0.5) is 0 Å². The Morgan fingerprint density at radius 2 is 1.81 bits per heavy atom. The van der Waals surface area contributed by atoms with Gasteiger partial charge in [0.15, 0.2) is 5.89 Å². The minimum Gasteiger partial charge on any atom is -0.493 e. The van der Waals surface area contributed by atoms with Crippen molar-refractivity contribution >= 4 is 5.97 Å². The first kappa shape index (κ1) is 20.5. The fourth-order valence-electron chi connectivity index (χ4n) is 3.57. The van der Waals surface area contributed by atoms with E-state index in [1.807, 2.05) is 79.2 Å². The monoisotopic (exact) mass is 416 g/mol. The lowest BCUT2D eigenvalue weighted by Crippen LogP contribution is -2.03. The highest BCUT2D eigenvalue weighted by Crippen LogP contribution is 2.21. The normalized spacial score (nSPS) is 10.9. The molecule has 31 heavy (non-hydrogen) atoms. The summed E-state index contributed by atoms with van der Waals surface area (Å²) in [6, 6.07) is 17.4. The number of benzene rings is 2. The Kier molecular flexibility index (Phi) is 5.89. The highest BCUT2D eigenvalue weighted by atomic mass is 16.5. The first-order valence-electron chi connectivity index (χ1n) is 10.1. The lowest BCUT2D eigenvalue weighted by Gasteiger charge is -2.07. The van der Waals surface area contributed by atoms with Crippen LogP contribution in [0.15, 0.2) is 71.4 Å². The van der Waals surface area contributed by atoms with Crippen LogP contribution in [0.25, 0.3) is 5.69 Å². The molecule has 0 atom stereocenters. The first-order valence-corrected chi connectivity index (χ1v) is 10.1. The molecule has 0 bridgehead atoms. The molecule has 0 saturated heterocycles. The molecule has 4 rings (SSSR count). The summed E-state index contributed by atoms with van der Waals surface area (Å²) in [7, 11) is 0. The van der Waals surface area contributed by atoms with Gasteiger partial charge in [0, 0.05) is 31.4 Å². The average molecular weight is 416 g/mol. The van der Waals surface area contributed by atoms with Crippen LogP contribution in [0.3, 0.4) is 0 Å². The number of nitrogens with zero attached hydrogens (tertiary/aromatic N) is 2. The zero-order valence-electron chi connectivity index (χ0n) is 17.5. The van der Waals surface area contributed by atoms with Crippen molar-refractivity contribution in [3.8, 4) is 11.4 Å². The smallest absolute Gasteiger partial charge is 0.337 e. The van der Waals surface area contributed by atoms with E-state index in [0.717, 1.165) is 34.0 Å². The van der Waals surface area contributed by atoms with Crippen molar-refractivity contribution in [1.82, 2.24) is 9.55 Å². The van der Waals surface area contributed by atoms with Gasteiger partial charge in [0.05, 0.1) is 17.9 Å². The standard InChI is InChI=1S/C25H24N2O4/c1-17-24(26-18(2)31-17)12-13-30-22-10-8-19(9-11-22)14-20-15-27(16-23(20)25(28)29)21-6-4-3-5-7-21/h3-11,15-16H,12-14H2,1-2H3,(H,28,29). The van der Waals surface area contributed by atoms with Gasteiger partial charge in [-0.05, 0) is 48.7 Å². The minimum atomic E-state index is -0.928. The molecule has 2 aromatic heterocycles. The Balaban J connectivity index is 1.42. The van der Waals surface area contributed by atoms with Gasteiger partial charge in [-0.15, -0.1) is 0 Å². The Hall–Kier alpha value is -3.80. The summed E-state index contributed by atoms with van der Waals surface area (Å²) < 4.78 is 13.1. The van der Waals surface area contributed by atoms with E-state index in [2.05, 4.69) is 4.98 Å². The molecule has 4 aromatic rings. The number of ether oxygens (including phenoxy) is 1. The molecule has 0 radical (unpaired) electrons. The second-order valence-corrected chi connectivity index (χ2v) is 7.40. The van der Waals surface area contributed by atoms with Crippen LogP contribution in [0.2, 0.25) is 0 Å². The number of carbonyl (C=O) groups is 1. The zero-order valence-corrected chi connectivity index (χ0v) is 17.5. The highest BCUT2D eigenvalue weighted by Gasteiger charge is 2.15. The van der Waals surface area contributed by atoms with Gasteiger partial charge in [-0.1, -0.05) is 30.3 Å². The number of carboxylic acid groups (broad SMARTS) is 1. The van der Waals surface area contributed by atoms with Crippen molar-refractivity contribution in [2.45, 2.75) is 26.7 Å². The van der Waals surface area contributed by atoms with E-state index in [4.69, 9.17) is 9.15 Å². The quantitative estimate of drug-likeness (QED) is 0.438. The van der Waals surface area contributed by atoms with Gasteiger partial charge in [-0.2, -0.15) is 0 Å². The lowest BCUT2D eigenvalue weighted by molar-refractivity contribution is 0.0696. The molecule has 158 valence electrons. The van der Waals surface area contributed by atoms with Gasteiger partial charge < -0.3 is 18.8 Å². The summed E-state index contributed by atoms with van der Waals surface area (Å²) in [5.41, 5.74) is 3.93. The van der Waals surface area contributed by atoms with E-state index in [1.54, 1.807) is 6.20 Å². The zero-order chi connectivity index (χ0) is 21.8. The summed E-state index contributed by atoms with van der Waals surface area (Å²) in [6.45, 7) is 4.25. The average Bonchev–Trinajstić information content (AvgIpc) is 3.32. The molecule has 1 N–H and O–H groups in total. The van der Waals surface area contributed by atoms with Crippen LogP contribution in [-0.2, 0) is 12.8 Å². The summed E-state index contributed by atoms with van der Waals surface area (Å²) >= 11 is 0. The summed E-state index contributed by atoms with van der Waals surface area (Å²) in [4.78, 5) is 16.1. The maximum absolute atomic E-state index is 11.7. The van der Waals surface area contributed by atoms with E-state index in [-0.39, 0.29) is 0 Å². The maximum atomic E-state index is 11.7. The van der Waals surface area contributed by atoms with Crippen molar-refractivity contribution in [3.63, 3.8) is 0 Å². The van der Waals surface area contributed by atoms with Crippen LogP contribution < -0.4 is 4.74 Å². The second kappa shape index (κ2) is 8.92. The number of carboxylic acids is 1. The minimum absolute atomic E-state index is 0.308. The van der Waals surface area contributed by atoms with Crippen molar-refractivity contribution in [2.24, 2.45) is 0 Å². The number of para-hydroxylation sites is 1. The van der Waals surface area contributed by atoms with Crippen molar-refractivity contribution in [2.75, 3.05) is 6.61 Å². The predicted octanol–water partition coefficient (Wildman–Crippen LogP) is 4.99. The summed E-state index contributed by atoms with van der Waals surface area (Å²) in [5, 5.41) is 9.61. The molecule has 0 spiro atoms. The number of aromatic carboxylic acids is 1. The fourth-order valence-corrected chi connectivity index (χ4v) is 3.57.